The molecule has 124 valence electrons. The Morgan fingerprint density at radius 2 is 1.75 bits per heavy atom. The molecule has 24 heavy (non-hydrogen) atoms. The Hall–Kier alpha value is -2.82. The van der Waals surface area contributed by atoms with Gasteiger partial charge < -0.3 is 16.0 Å². The van der Waals surface area contributed by atoms with Crippen LogP contribution in [0.3, 0.4) is 0 Å². The summed E-state index contributed by atoms with van der Waals surface area (Å²) in [5, 5.41) is 2.94. The zero-order chi connectivity index (χ0) is 16.9. The Bertz CT molecular complexity index is 726. The third kappa shape index (κ3) is 4.13. The Labute approximate surface area is 141 Å². The molecule has 1 aliphatic carbocycles. The van der Waals surface area contributed by atoms with Crippen molar-refractivity contribution in [2.24, 2.45) is 5.73 Å². The topological polar surface area (TPSA) is 75.4 Å². The lowest BCUT2D eigenvalue weighted by Crippen LogP contribution is -2.40. The predicted molar refractivity (Wildman–Crippen MR) is 92.2 cm³/mol. The number of primary amides is 1. The molecule has 0 saturated heterocycles. The van der Waals surface area contributed by atoms with E-state index in [4.69, 9.17) is 5.73 Å². The van der Waals surface area contributed by atoms with Crippen molar-refractivity contribution < 1.29 is 9.59 Å². The fraction of sp³-hybridized carbons (Fsp3) is 0.263. The molecular formula is C19H21N3O2. The van der Waals surface area contributed by atoms with E-state index >= 15 is 0 Å². The van der Waals surface area contributed by atoms with Crippen LogP contribution in [0.15, 0.2) is 54.6 Å². The molecule has 5 heteroatoms. The molecule has 0 aromatic heterocycles. The van der Waals surface area contributed by atoms with Crippen molar-refractivity contribution in [1.29, 1.82) is 0 Å². The molecule has 0 aliphatic heterocycles. The molecule has 2 aromatic rings. The highest BCUT2D eigenvalue weighted by Gasteiger charge is 2.32. The molecule has 3 amide bonds. The Morgan fingerprint density at radius 1 is 1.04 bits per heavy atom. The molecule has 1 fully saturated rings. The number of carbonyl (C=O) groups excluding carboxylic acids is 2. The maximum Gasteiger partial charge on any atom is 0.318 e. The van der Waals surface area contributed by atoms with Crippen LogP contribution in [0.2, 0.25) is 0 Å². The number of amides is 3. The van der Waals surface area contributed by atoms with Gasteiger partial charge in [0.05, 0.1) is 0 Å². The normalized spacial score (nSPS) is 13.3. The van der Waals surface area contributed by atoms with Crippen molar-refractivity contribution in [2.75, 3.05) is 0 Å². The lowest BCUT2D eigenvalue weighted by Gasteiger charge is -2.23. The summed E-state index contributed by atoms with van der Waals surface area (Å²) in [6.45, 7) is 0.983. The van der Waals surface area contributed by atoms with Crippen molar-refractivity contribution in [3.8, 4) is 0 Å². The van der Waals surface area contributed by atoms with Gasteiger partial charge in [-0.15, -0.1) is 0 Å². The summed E-state index contributed by atoms with van der Waals surface area (Å²) in [5.74, 6) is -0.466. The van der Waals surface area contributed by atoms with E-state index < -0.39 is 5.91 Å². The number of nitrogens with one attached hydrogen (secondary N) is 1. The smallest absolute Gasteiger partial charge is 0.318 e. The van der Waals surface area contributed by atoms with Gasteiger partial charge in [-0.2, -0.15) is 0 Å². The second-order valence-corrected chi connectivity index (χ2v) is 6.07. The van der Waals surface area contributed by atoms with Crippen molar-refractivity contribution in [3.63, 3.8) is 0 Å². The van der Waals surface area contributed by atoms with E-state index in [9.17, 15) is 9.59 Å². The number of nitrogens with two attached hydrogens (primary N) is 1. The van der Waals surface area contributed by atoms with Crippen LogP contribution in [-0.2, 0) is 13.1 Å². The first kappa shape index (κ1) is 16.1. The van der Waals surface area contributed by atoms with Gasteiger partial charge in [0, 0.05) is 24.7 Å². The summed E-state index contributed by atoms with van der Waals surface area (Å²) in [5.41, 5.74) is 7.71. The molecule has 1 aliphatic rings. The predicted octanol–water partition coefficient (Wildman–Crippen LogP) is 2.66. The standard InChI is InChI=1S/C19H21N3O2/c20-18(23)16-8-4-7-15(11-16)12-21-19(24)22(17-9-10-17)13-14-5-2-1-3-6-14/h1-8,11,17H,9-10,12-13H2,(H2,20,23)(H,21,24). The lowest BCUT2D eigenvalue weighted by molar-refractivity contribution is 0.1000. The first-order valence-electron chi connectivity index (χ1n) is 8.10. The maximum absolute atomic E-state index is 12.5. The molecule has 3 rings (SSSR count). The van der Waals surface area contributed by atoms with E-state index in [1.165, 1.54) is 0 Å². The van der Waals surface area contributed by atoms with Gasteiger partial charge >= 0.3 is 6.03 Å². The highest BCUT2D eigenvalue weighted by Crippen LogP contribution is 2.28. The molecule has 2 aromatic carbocycles. The van der Waals surface area contributed by atoms with Crippen LogP contribution in [0.1, 0.15) is 34.3 Å². The van der Waals surface area contributed by atoms with Gasteiger partial charge in [-0.1, -0.05) is 42.5 Å². The third-order valence-corrected chi connectivity index (χ3v) is 4.10. The average molecular weight is 323 g/mol. The summed E-state index contributed by atoms with van der Waals surface area (Å²) in [6, 6.07) is 17.2. The molecule has 0 bridgehead atoms. The zero-order valence-corrected chi connectivity index (χ0v) is 13.4. The van der Waals surface area contributed by atoms with Crippen molar-refractivity contribution in [1.82, 2.24) is 10.2 Å². The Morgan fingerprint density at radius 3 is 2.42 bits per heavy atom. The highest BCUT2D eigenvalue weighted by atomic mass is 16.2. The van der Waals surface area contributed by atoms with Gasteiger partial charge in [0.2, 0.25) is 5.91 Å². The first-order valence-corrected chi connectivity index (χ1v) is 8.10. The fourth-order valence-corrected chi connectivity index (χ4v) is 2.65. The summed E-state index contributed by atoms with van der Waals surface area (Å²) in [4.78, 5) is 25.7. The van der Waals surface area contributed by atoms with Crippen LogP contribution in [0, 0.1) is 0 Å². The molecule has 0 heterocycles. The Balaban J connectivity index is 1.62. The number of benzene rings is 2. The molecular weight excluding hydrogens is 302 g/mol. The second kappa shape index (κ2) is 7.17. The summed E-state index contributed by atoms with van der Waals surface area (Å²) < 4.78 is 0. The summed E-state index contributed by atoms with van der Waals surface area (Å²) in [6.07, 6.45) is 2.11. The van der Waals surface area contributed by atoms with Gasteiger partial charge in [-0.05, 0) is 36.1 Å². The number of nitrogens with zero attached hydrogens (tertiary/aromatic N) is 1. The molecule has 0 atom stereocenters. The van der Waals surface area contributed by atoms with Gasteiger partial charge in [0.1, 0.15) is 0 Å². The lowest BCUT2D eigenvalue weighted by atomic mass is 10.1. The zero-order valence-electron chi connectivity index (χ0n) is 13.4. The average Bonchev–Trinajstić information content (AvgIpc) is 3.43. The van der Waals surface area contributed by atoms with Crippen LogP contribution in [0.5, 0.6) is 0 Å². The van der Waals surface area contributed by atoms with Gasteiger partial charge in [-0.3, -0.25) is 4.79 Å². The summed E-state index contributed by atoms with van der Waals surface area (Å²) >= 11 is 0. The van der Waals surface area contributed by atoms with E-state index in [1.807, 2.05) is 41.3 Å². The van der Waals surface area contributed by atoms with E-state index in [0.29, 0.717) is 24.7 Å². The van der Waals surface area contributed by atoms with E-state index in [2.05, 4.69) is 5.32 Å². The van der Waals surface area contributed by atoms with Gasteiger partial charge in [0.15, 0.2) is 0 Å². The number of urea groups is 1. The first-order chi connectivity index (χ1) is 11.6. The van der Waals surface area contributed by atoms with Gasteiger partial charge in [0.25, 0.3) is 0 Å². The van der Waals surface area contributed by atoms with E-state index in [-0.39, 0.29) is 6.03 Å². The monoisotopic (exact) mass is 323 g/mol. The maximum atomic E-state index is 12.5. The molecule has 5 nitrogen and oxygen atoms in total. The van der Waals surface area contributed by atoms with Crippen molar-refractivity contribution in [3.05, 3.63) is 71.3 Å². The molecule has 1 saturated carbocycles. The SMILES string of the molecule is NC(=O)c1cccc(CNC(=O)N(Cc2ccccc2)C2CC2)c1. The quantitative estimate of drug-likeness (QED) is 0.857. The van der Waals surface area contributed by atoms with Crippen LogP contribution in [0.4, 0.5) is 4.79 Å². The summed E-state index contributed by atoms with van der Waals surface area (Å²) in [7, 11) is 0. The minimum atomic E-state index is -0.466. The fourth-order valence-electron chi connectivity index (χ4n) is 2.65. The van der Waals surface area contributed by atoms with E-state index in [0.717, 1.165) is 24.0 Å². The van der Waals surface area contributed by atoms with Crippen LogP contribution < -0.4 is 11.1 Å². The largest absolute Gasteiger partial charge is 0.366 e. The number of hydrogen-bond acceptors (Lipinski definition) is 2. The van der Waals surface area contributed by atoms with Crippen LogP contribution in [0.25, 0.3) is 0 Å². The van der Waals surface area contributed by atoms with Crippen LogP contribution >= 0.6 is 0 Å². The van der Waals surface area contributed by atoms with Crippen molar-refractivity contribution >= 4 is 11.9 Å². The third-order valence-electron chi connectivity index (χ3n) is 4.10. The number of hydrogen-bond donors (Lipinski definition) is 2. The number of rotatable bonds is 6. The molecule has 0 radical (unpaired) electrons. The number of carbonyl (C=O) groups is 2. The van der Waals surface area contributed by atoms with Crippen molar-refractivity contribution in [2.45, 2.75) is 32.0 Å². The molecule has 0 unspecified atom stereocenters. The van der Waals surface area contributed by atoms with Crippen LogP contribution in [-0.4, -0.2) is 22.9 Å². The second-order valence-electron chi connectivity index (χ2n) is 6.07. The van der Waals surface area contributed by atoms with E-state index in [1.54, 1.807) is 18.2 Å². The molecule has 0 spiro atoms. The Kier molecular flexibility index (Phi) is 4.79. The molecule has 3 N–H and O–H groups in total. The highest BCUT2D eigenvalue weighted by molar-refractivity contribution is 5.92. The minimum Gasteiger partial charge on any atom is -0.366 e. The minimum absolute atomic E-state index is 0.0779. The van der Waals surface area contributed by atoms with Gasteiger partial charge in [-0.25, -0.2) is 4.79 Å².